The predicted molar refractivity (Wildman–Crippen MR) is 90.9 cm³/mol. The zero-order chi connectivity index (χ0) is 16.2. The van der Waals surface area contributed by atoms with Crippen LogP contribution in [0.1, 0.15) is 18.0 Å². The minimum absolute atomic E-state index is 0.180. The number of carbonyl (C=O) groups is 1. The molecule has 3 rings (SSSR count). The summed E-state index contributed by atoms with van der Waals surface area (Å²) < 4.78 is 5.09. The van der Waals surface area contributed by atoms with Crippen molar-refractivity contribution in [3.63, 3.8) is 0 Å². The third-order valence-corrected chi connectivity index (χ3v) is 4.30. The average Bonchev–Trinajstić information content (AvgIpc) is 3.10. The van der Waals surface area contributed by atoms with Gasteiger partial charge in [0.25, 0.3) is 0 Å². The lowest BCUT2D eigenvalue weighted by Crippen LogP contribution is -2.54. The molecule has 1 aliphatic heterocycles. The molecule has 7 heteroatoms. The number of hydrazine groups is 1. The molecular weight excluding hydrogens is 312 g/mol. The first kappa shape index (κ1) is 15.5. The number of carbonyl (C=O) groups excluding carboxylic acids is 1. The molecule has 1 atom stereocenters. The van der Waals surface area contributed by atoms with Crippen molar-refractivity contribution in [3.05, 3.63) is 52.7 Å². The average molecular weight is 330 g/mol. The summed E-state index contributed by atoms with van der Waals surface area (Å²) in [5.41, 5.74) is 4.19. The number of amidine groups is 1. The highest BCUT2D eigenvalue weighted by molar-refractivity contribution is 7.10. The van der Waals surface area contributed by atoms with Crippen molar-refractivity contribution in [2.24, 2.45) is 5.10 Å². The van der Waals surface area contributed by atoms with Gasteiger partial charge in [0, 0.05) is 11.9 Å². The quantitative estimate of drug-likeness (QED) is 0.873. The molecule has 0 amide bonds. The Morgan fingerprint density at radius 3 is 2.74 bits per heavy atom. The van der Waals surface area contributed by atoms with E-state index in [1.807, 2.05) is 47.8 Å². The van der Waals surface area contributed by atoms with Crippen molar-refractivity contribution in [1.82, 2.24) is 10.4 Å². The summed E-state index contributed by atoms with van der Waals surface area (Å²) in [6.45, 7) is 2.09. The van der Waals surface area contributed by atoms with Crippen LogP contribution in [0.15, 0.2) is 52.9 Å². The molecule has 2 aromatic rings. The number of para-hydroxylation sites is 1. The normalized spacial score (nSPS) is 17.8. The third-order valence-electron chi connectivity index (χ3n) is 3.37. The fourth-order valence-electron chi connectivity index (χ4n) is 2.32. The second-order valence-electron chi connectivity index (χ2n) is 4.93. The molecule has 0 spiro atoms. The molecule has 0 fully saturated rings. The van der Waals surface area contributed by atoms with E-state index in [4.69, 9.17) is 4.74 Å². The van der Waals surface area contributed by atoms with Gasteiger partial charge in [0.2, 0.25) is 5.84 Å². The molecule has 6 nitrogen and oxygen atoms in total. The van der Waals surface area contributed by atoms with Crippen LogP contribution in [0.25, 0.3) is 0 Å². The molecule has 1 aromatic heterocycles. The molecule has 120 valence electrons. The zero-order valence-corrected chi connectivity index (χ0v) is 13.8. The van der Waals surface area contributed by atoms with E-state index in [1.165, 1.54) is 0 Å². The highest BCUT2D eigenvalue weighted by atomic mass is 32.1. The Kier molecular flexibility index (Phi) is 4.59. The fraction of sp³-hybridized carbons (Fsp3) is 0.250. The van der Waals surface area contributed by atoms with E-state index in [-0.39, 0.29) is 12.0 Å². The van der Waals surface area contributed by atoms with Crippen molar-refractivity contribution in [3.8, 4) is 0 Å². The molecule has 0 aliphatic carbocycles. The number of hydrogen-bond donors (Lipinski definition) is 1. The highest BCUT2D eigenvalue weighted by Crippen LogP contribution is 2.30. The van der Waals surface area contributed by atoms with Crippen LogP contribution in [0.4, 0.5) is 5.69 Å². The monoisotopic (exact) mass is 330 g/mol. The summed E-state index contributed by atoms with van der Waals surface area (Å²) in [5, 5.41) is 9.97. The molecule has 0 saturated carbocycles. The Bertz CT molecular complexity index is 687. The highest BCUT2D eigenvalue weighted by Gasteiger charge is 2.32. The minimum Gasteiger partial charge on any atom is -0.460 e. The number of nitrogens with zero attached hydrogens (tertiary/aromatic N) is 3. The number of esters is 1. The molecule has 0 bridgehead atoms. The van der Waals surface area contributed by atoms with E-state index in [0.717, 1.165) is 10.6 Å². The molecule has 1 aromatic carbocycles. The summed E-state index contributed by atoms with van der Waals surface area (Å²) in [4.78, 5) is 13.2. The van der Waals surface area contributed by atoms with Crippen LogP contribution in [-0.2, 0) is 9.53 Å². The Hall–Kier alpha value is -2.38. The van der Waals surface area contributed by atoms with Crippen LogP contribution < -0.4 is 10.4 Å². The van der Waals surface area contributed by atoms with Crippen LogP contribution in [-0.4, -0.2) is 30.5 Å². The number of ether oxygens (including phenoxy) is 1. The smallest absolute Gasteiger partial charge is 0.377 e. The van der Waals surface area contributed by atoms with Crippen molar-refractivity contribution < 1.29 is 9.53 Å². The van der Waals surface area contributed by atoms with Gasteiger partial charge in [0.05, 0.1) is 12.3 Å². The predicted octanol–water partition coefficient (Wildman–Crippen LogP) is 2.58. The minimum atomic E-state index is -0.451. The molecule has 0 unspecified atom stereocenters. The second kappa shape index (κ2) is 6.80. The first-order chi connectivity index (χ1) is 11.2. The van der Waals surface area contributed by atoms with Gasteiger partial charge >= 0.3 is 5.97 Å². The van der Waals surface area contributed by atoms with Gasteiger partial charge in [-0.15, -0.1) is 16.4 Å². The largest absolute Gasteiger partial charge is 0.460 e. The van der Waals surface area contributed by atoms with E-state index in [2.05, 4.69) is 10.5 Å². The van der Waals surface area contributed by atoms with E-state index in [0.29, 0.717) is 6.61 Å². The van der Waals surface area contributed by atoms with E-state index in [1.54, 1.807) is 35.3 Å². The Labute approximate surface area is 138 Å². The first-order valence-electron chi connectivity index (χ1n) is 7.34. The van der Waals surface area contributed by atoms with Crippen LogP contribution in [0.2, 0.25) is 0 Å². The van der Waals surface area contributed by atoms with Gasteiger partial charge in [0.1, 0.15) is 0 Å². The van der Waals surface area contributed by atoms with Crippen molar-refractivity contribution in [1.29, 1.82) is 0 Å². The number of hydrazone groups is 1. The van der Waals surface area contributed by atoms with Crippen molar-refractivity contribution >= 4 is 28.8 Å². The van der Waals surface area contributed by atoms with Gasteiger partial charge in [-0.1, -0.05) is 24.3 Å². The van der Waals surface area contributed by atoms with Gasteiger partial charge < -0.3 is 4.74 Å². The lowest BCUT2D eigenvalue weighted by molar-refractivity contribution is -0.136. The van der Waals surface area contributed by atoms with Gasteiger partial charge in [-0.3, -0.25) is 5.01 Å². The SMILES string of the molecule is CCOC(=O)C1=NN(c2ccccc2)[C@@H](c2cccs2)NN1C. The second-order valence-corrected chi connectivity index (χ2v) is 5.91. The van der Waals surface area contributed by atoms with Gasteiger partial charge in [0.15, 0.2) is 6.17 Å². The maximum atomic E-state index is 12.1. The van der Waals surface area contributed by atoms with Crippen LogP contribution in [0, 0.1) is 0 Å². The van der Waals surface area contributed by atoms with Crippen molar-refractivity contribution in [2.75, 3.05) is 18.7 Å². The zero-order valence-electron chi connectivity index (χ0n) is 13.0. The van der Waals surface area contributed by atoms with Gasteiger partial charge in [-0.2, -0.15) is 0 Å². The van der Waals surface area contributed by atoms with Crippen molar-refractivity contribution in [2.45, 2.75) is 13.1 Å². The topological polar surface area (TPSA) is 57.2 Å². The number of likely N-dealkylation sites (N-methyl/N-ethyl adjacent to an activating group) is 1. The molecule has 23 heavy (non-hydrogen) atoms. The number of nitrogens with one attached hydrogen (secondary N) is 1. The lowest BCUT2D eigenvalue weighted by atomic mass is 10.2. The summed E-state index contributed by atoms with van der Waals surface area (Å²) in [5.74, 6) is -0.225. The molecule has 0 saturated heterocycles. The standard InChI is InChI=1S/C16H18N4O2S/c1-3-22-16(21)15-18-20(12-8-5-4-6-9-12)14(17-19(15)2)13-10-7-11-23-13/h4-11,14,17H,3H2,1-2H3/t14-/m0/s1. The molecule has 1 aliphatic rings. The fourth-order valence-corrected chi connectivity index (χ4v) is 3.07. The first-order valence-corrected chi connectivity index (χ1v) is 8.22. The van der Waals surface area contributed by atoms with Crippen LogP contribution in [0.3, 0.4) is 0 Å². The Morgan fingerprint density at radius 2 is 2.09 bits per heavy atom. The molecule has 1 N–H and O–H groups in total. The summed E-state index contributed by atoms with van der Waals surface area (Å²) >= 11 is 1.63. The molecular formula is C16H18N4O2S. The number of anilines is 1. The maximum absolute atomic E-state index is 12.1. The molecule has 0 radical (unpaired) electrons. The van der Waals surface area contributed by atoms with E-state index >= 15 is 0 Å². The van der Waals surface area contributed by atoms with Gasteiger partial charge in [-0.05, 0) is 30.5 Å². The number of rotatable bonds is 4. The molecule has 2 heterocycles. The maximum Gasteiger partial charge on any atom is 0.377 e. The van der Waals surface area contributed by atoms with E-state index in [9.17, 15) is 4.79 Å². The number of hydrogen-bond acceptors (Lipinski definition) is 7. The lowest BCUT2D eigenvalue weighted by Gasteiger charge is -2.38. The summed E-state index contributed by atoms with van der Waals surface area (Å²) in [7, 11) is 1.76. The number of benzene rings is 1. The van der Waals surface area contributed by atoms with E-state index < -0.39 is 5.97 Å². The Morgan fingerprint density at radius 1 is 1.30 bits per heavy atom. The van der Waals surface area contributed by atoms with Crippen LogP contribution >= 0.6 is 11.3 Å². The van der Waals surface area contributed by atoms with Gasteiger partial charge in [-0.25, -0.2) is 15.2 Å². The number of thiophene rings is 1. The van der Waals surface area contributed by atoms with Crippen LogP contribution in [0.5, 0.6) is 0 Å². The summed E-state index contributed by atoms with van der Waals surface area (Å²) in [6, 6.07) is 13.8. The Balaban J connectivity index is 2.01. The third kappa shape index (κ3) is 3.20. The summed E-state index contributed by atoms with van der Waals surface area (Å²) in [6.07, 6.45) is -0.180.